The van der Waals surface area contributed by atoms with E-state index in [1.165, 1.54) is 10.5 Å². The SMILES string of the molecule is C[C@H](CNC(=O)CCN1C(=O)[C@H]2CC=CC[C@H]2C1=O)c1ccccc1. The third-order valence-electron chi connectivity index (χ3n) is 5.14. The molecule has 2 aliphatic rings. The highest BCUT2D eigenvalue weighted by Gasteiger charge is 2.46. The molecule has 1 aliphatic carbocycles. The minimum atomic E-state index is -0.223. The van der Waals surface area contributed by atoms with Gasteiger partial charge in [-0.3, -0.25) is 19.3 Å². The van der Waals surface area contributed by atoms with Crippen LogP contribution in [0.25, 0.3) is 0 Å². The quantitative estimate of drug-likeness (QED) is 0.638. The molecule has 1 N–H and O–H groups in total. The van der Waals surface area contributed by atoms with Crippen LogP contribution < -0.4 is 5.32 Å². The zero-order valence-corrected chi connectivity index (χ0v) is 14.5. The van der Waals surface area contributed by atoms with Gasteiger partial charge in [-0.15, -0.1) is 0 Å². The van der Waals surface area contributed by atoms with Crippen molar-refractivity contribution in [2.24, 2.45) is 11.8 Å². The van der Waals surface area contributed by atoms with Gasteiger partial charge in [0.15, 0.2) is 0 Å². The van der Waals surface area contributed by atoms with E-state index >= 15 is 0 Å². The molecule has 1 aromatic carbocycles. The van der Waals surface area contributed by atoms with Gasteiger partial charge in [-0.25, -0.2) is 0 Å². The van der Waals surface area contributed by atoms with Gasteiger partial charge >= 0.3 is 0 Å². The van der Waals surface area contributed by atoms with E-state index in [-0.39, 0.29) is 48.4 Å². The largest absolute Gasteiger partial charge is 0.355 e. The monoisotopic (exact) mass is 340 g/mol. The third kappa shape index (κ3) is 3.81. The molecule has 1 saturated heterocycles. The zero-order valence-electron chi connectivity index (χ0n) is 14.5. The smallest absolute Gasteiger partial charge is 0.233 e. The van der Waals surface area contributed by atoms with E-state index < -0.39 is 0 Å². The topological polar surface area (TPSA) is 66.5 Å². The molecule has 1 aromatic rings. The first-order valence-corrected chi connectivity index (χ1v) is 8.89. The van der Waals surface area contributed by atoms with Crippen molar-refractivity contribution in [3.05, 3.63) is 48.0 Å². The fourth-order valence-corrected chi connectivity index (χ4v) is 3.56. The molecule has 0 radical (unpaired) electrons. The summed E-state index contributed by atoms with van der Waals surface area (Å²) in [5.74, 6) is -0.600. The second-order valence-corrected chi connectivity index (χ2v) is 6.85. The number of nitrogens with zero attached hydrogens (tertiary/aromatic N) is 1. The lowest BCUT2D eigenvalue weighted by Crippen LogP contribution is -2.36. The Morgan fingerprint density at radius 2 is 1.72 bits per heavy atom. The minimum absolute atomic E-state index is 0.121. The summed E-state index contributed by atoms with van der Waals surface area (Å²) < 4.78 is 0. The van der Waals surface area contributed by atoms with Gasteiger partial charge < -0.3 is 5.32 Å². The first kappa shape index (κ1) is 17.4. The standard InChI is InChI=1S/C20H24N2O3/c1-14(15-7-3-2-4-8-15)13-21-18(23)11-12-22-19(24)16-9-5-6-10-17(16)20(22)25/h2-8,14,16-17H,9-13H2,1H3,(H,21,23)/t14-,16-,17+/m1/s1. The predicted octanol–water partition coefficient (Wildman–Crippen LogP) is 2.25. The number of rotatable bonds is 6. The number of fused-ring (bicyclic) bond motifs is 1. The van der Waals surface area contributed by atoms with Crippen molar-refractivity contribution < 1.29 is 14.4 Å². The van der Waals surface area contributed by atoms with Gasteiger partial charge in [-0.1, -0.05) is 49.4 Å². The van der Waals surface area contributed by atoms with Crippen LogP contribution in [0.4, 0.5) is 0 Å². The summed E-state index contributed by atoms with van der Waals surface area (Å²) in [6, 6.07) is 9.99. The maximum Gasteiger partial charge on any atom is 0.233 e. The average Bonchev–Trinajstić information content (AvgIpc) is 2.89. The minimum Gasteiger partial charge on any atom is -0.355 e. The predicted molar refractivity (Wildman–Crippen MR) is 94.6 cm³/mol. The van der Waals surface area contributed by atoms with Crippen molar-refractivity contribution in [1.82, 2.24) is 10.2 Å². The summed E-state index contributed by atoms with van der Waals surface area (Å²) in [4.78, 5) is 38.1. The average molecular weight is 340 g/mol. The summed E-state index contributed by atoms with van der Waals surface area (Å²) in [6.45, 7) is 2.77. The second-order valence-electron chi connectivity index (χ2n) is 6.85. The molecule has 1 fully saturated rings. The molecule has 0 aromatic heterocycles. The van der Waals surface area contributed by atoms with Crippen molar-refractivity contribution in [3.63, 3.8) is 0 Å². The van der Waals surface area contributed by atoms with E-state index in [0.717, 1.165) is 0 Å². The number of nitrogens with one attached hydrogen (secondary N) is 1. The number of imide groups is 1. The van der Waals surface area contributed by atoms with E-state index in [4.69, 9.17) is 0 Å². The maximum atomic E-state index is 12.4. The van der Waals surface area contributed by atoms with E-state index in [9.17, 15) is 14.4 Å². The summed E-state index contributed by atoms with van der Waals surface area (Å²) in [5.41, 5.74) is 1.17. The Kier molecular flexibility index (Phi) is 5.31. The molecule has 5 heteroatoms. The van der Waals surface area contributed by atoms with Gasteiger partial charge in [0, 0.05) is 19.5 Å². The van der Waals surface area contributed by atoms with E-state index in [0.29, 0.717) is 19.4 Å². The van der Waals surface area contributed by atoms with Crippen LogP contribution in [0.15, 0.2) is 42.5 Å². The summed E-state index contributed by atoms with van der Waals surface area (Å²) in [6.07, 6.45) is 5.35. The first-order valence-electron chi connectivity index (χ1n) is 8.89. The van der Waals surface area contributed by atoms with Gasteiger partial charge in [0.2, 0.25) is 17.7 Å². The van der Waals surface area contributed by atoms with Crippen LogP contribution >= 0.6 is 0 Å². The van der Waals surface area contributed by atoms with Gasteiger partial charge in [0.05, 0.1) is 11.8 Å². The van der Waals surface area contributed by atoms with E-state index in [2.05, 4.69) is 12.2 Å². The highest BCUT2D eigenvalue weighted by atomic mass is 16.2. The van der Waals surface area contributed by atoms with Crippen LogP contribution in [-0.2, 0) is 14.4 Å². The van der Waals surface area contributed by atoms with Gasteiger partial charge in [-0.05, 0) is 24.3 Å². The van der Waals surface area contributed by atoms with Gasteiger partial charge in [0.25, 0.3) is 0 Å². The van der Waals surface area contributed by atoms with Crippen molar-refractivity contribution in [2.45, 2.75) is 32.1 Å². The molecule has 132 valence electrons. The van der Waals surface area contributed by atoms with Crippen molar-refractivity contribution >= 4 is 17.7 Å². The summed E-state index contributed by atoms with van der Waals surface area (Å²) >= 11 is 0. The molecule has 0 bridgehead atoms. The molecule has 0 spiro atoms. The third-order valence-corrected chi connectivity index (χ3v) is 5.14. The van der Waals surface area contributed by atoms with Crippen molar-refractivity contribution in [2.75, 3.05) is 13.1 Å². The number of allylic oxidation sites excluding steroid dienone is 2. The van der Waals surface area contributed by atoms with Crippen LogP contribution in [-0.4, -0.2) is 35.7 Å². The number of hydrogen-bond donors (Lipinski definition) is 1. The van der Waals surface area contributed by atoms with Crippen LogP contribution in [0.3, 0.4) is 0 Å². The lowest BCUT2D eigenvalue weighted by Gasteiger charge is -2.16. The Labute approximate surface area is 148 Å². The van der Waals surface area contributed by atoms with Crippen LogP contribution in [0.5, 0.6) is 0 Å². The summed E-state index contributed by atoms with van der Waals surface area (Å²) in [7, 11) is 0. The Balaban J connectivity index is 1.46. The molecular formula is C20H24N2O3. The highest BCUT2D eigenvalue weighted by Crippen LogP contribution is 2.34. The number of likely N-dealkylation sites (tertiary alicyclic amines) is 1. The lowest BCUT2D eigenvalue weighted by molar-refractivity contribution is -0.140. The number of amides is 3. The fraction of sp³-hybridized carbons (Fsp3) is 0.450. The summed E-state index contributed by atoms with van der Waals surface area (Å²) in [5, 5.41) is 2.90. The molecular weight excluding hydrogens is 316 g/mol. The number of hydrogen-bond acceptors (Lipinski definition) is 3. The second kappa shape index (κ2) is 7.64. The van der Waals surface area contributed by atoms with Gasteiger partial charge in [-0.2, -0.15) is 0 Å². The normalized spacial score (nSPS) is 23.5. The Morgan fingerprint density at radius 3 is 2.32 bits per heavy atom. The molecule has 1 heterocycles. The molecule has 3 amide bonds. The van der Waals surface area contributed by atoms with Crippen LogP contribution in [0.1, 0.15) is 37.7 Å². The number of carbonyl (C=O) groups is 3. The van der Waals surface area contributed by atoms with Crippen molar-refractivity contribution in [3.8, 4) is 0 Å². The van der Waals surface area contributed by atoms with E-state index in [1.807, 2.05) is 42.5 Å². The Morgan fingerprint density at radius 1 is 1.12 bits per heavy atom. The Bertz CT molecular complexity index is 657. The maximum absolute atomic E-state index is 12.4. The van der Waals surface area contributed by atoms with E-state index in [1.54, 1.807) is 0 Å². The fourth-order valence-electron chi connectivity index (χ4n) is 3.56. The highest BCUT2D eigenvalue weighted by molar-refractivity contribution is 6.05. The molecule has 25 heavy (non-hydrogen) atoms. The van der Waals surface area contributed by atoms with Crippen LogP contribution in [0.2, 0.25) is 0 Å². The molecule has 5 nitrogen and oxygen atoms in total. The van der Waals surface area contributed by atoms with Crippen molar-refractivity contribution in [1.29, 1.82) is 0 Å². The van der Waals surface area contributed by atoms with Gasteiger partial charge in [0.1, 0.15) is 0 Å². The molecule has 1 aliphatic heterocycles. The number of benzene rings is 1. The molecule has 0 saturated carbocycles. The Hall–Kier alpha value is -2.43. The zero-order chi connectivity index (χ0) is 17.8. The molecule has 3 atom stereocenters. The lowest BCUT2D eigenvalue weighted by atomic mass is 9.85. The van der Waals surface area contributed by atoms with Crippen LogP contribution in [0, 0.1) is 11.8 Å². The molecule has 3 rings (SSSR count). The first-order chi connectivity index (χ1) is 12.1. The number of carbonyl (C=O) groups excluding carboxylic acids is 3. The molecule has 0 unspecified atom stereocenters.